The molecule has 0 radical (unpaired) electrons. The van der Waals surface area contributed by atoms with Crippen molar-refractivity contribution in [2.45, 2.75) is 0 Å². The molecule has 3 rings (SSSR count). The van der Waals surface area contributed by atoms with Crippen LogP contribution in [0.15, 0.2) is 47.5 Å². The molecule has 0 aliphatic rings. The van der Waals surface area contributed by atoms with Gasteiger partial charge in [-0.2, -0.15) is 0 Å². The Bertz CT molecular complexity index is 572. The molecule has 78 valence electrons. The van der Waals surface area contributed by atoms with Crippen LogP contribution >= 0.6 is 0 Å². The Morgan fingerprint density at radius 3 is 2.62 bits per heavy atom. The van der Waals surface area contributed by atoms with E-state index in [1.165, 1.54) is 6.39 Å². The molecule has 0 amide bonds. The summed E-state index contributed by atoms with van der Waals surface area (Å²) in [5, 5.41) is 15.2. The highest BCUT2D eigenvalue weighted by atomic mass is 16.4. The van der Waals surface area contributed by atoms with E-state index < -0.39 is 0 Å². The van der Waals surface area contributed by atoms with E-state index in [0.29, 0.717) is 11.7 Å². The van der Waals surface area contributed by atoms with Gasteiger partial charge in [0.2, 0.25) is 12.2 Å². The summed E-state index contributed by atoms with van der Waals surface area (Å²) in [4.78, 5) is 0. The van der Waals surface area contributed by atoms with E-state index in [0.717, 1.165) is 5.69 Å². The van der Waals surface area contributed by atoms with Crippen LogP contribution in [-0.4, -0.2) is 25.0 Å². The molecule has 2 heterocycles. The minimum absolute atomic E-state index is 0.348. The number of aromatic nitrogens is 5. The van der Waals surface area contributed by atoms with Crippen LogP contribution in [0.25, 0.3) is 17.4 Å². The van der Waals surface area contributed by atoms with Gasteiger partial charge in [0, 0.05) is 5.69 Å². The number of para-hydroxylation sites is 1. The monoisotopic (exact) mass is 213 g/mol. The van der Waals surface area contributed by atoms with Crippen molar-refractivity contribution < 1.29 is 4.42 Å². The highest BCUT2D eigenvalue weighted by Gasteiger charge is 2.12. The zero-order valence-corrected chi connectivity index (χ0v) is 8.19. The molecule has 1 aromatic carbocycles. The second-order valence-corrected chi connectivity index (χ2v) is 3.10. The minimum atomic E-state index is 0.348. The van der Waals surface area contributed by atoms with Gasteiger partial charge in [0.25, 0.3) is 5.89 Å². The molecule has 0 aliphatic carbocycles. The van der Waals surface area contributed by atoms with Gasteiger partial charge < -0.3 is 4.42 Å². The smallest absolute Gasteiger partial charge is 0.286 e. The third-order valence-corrected chi connectivity index (χ3v) is 2.13. The summed E-state index contributed by atoms with van der Waals surface area (Å²) < 4.78 is 6.88. The van der Waals surface area contributed by atoms with E-state index in [9.17, 15) is 0 Å². The number of rotatable bonds is 2. The van der Waals surface area contributed by atoms with Gasteiger partial charge in [-0.05, 0) is 12.1 Å². The Balaban J connectivity index is 2.14. The van der Waals surface area contributed by atoms with Crippen molar-refractivity contribution in [2.24, 2.45) is 0 Å². The summed E-state index contributed by atoms with van der Waals surface area (Å²) in [7, 11) is 0. The first-order chi connectivity index (χ1) is 7.95. The average Bonchev–Trinajstić information content (AvgIpc) is 3.01. The predicted molar refractivity (Wildman–Crippen MR) is 54.7 cm³/mol. The molecule has 0 spiro atoms. The average molecular weight is 213 g/mol. The van der Waals surface area contributed by atoms with Gasteiger partial charge in [-0.15, -0.1) is 20.4 Å². The summed E-state index contributed by atoms with van der Waals surface area (Å²) in [5.41, 5.74) is 0.945. The highest BCUT2D eigenvalue weighted by molar-refractivity contribution is 5.46. The lowest BCUT2D eigenvalue weighted by molar-refractivity contribution is 0.562. The summed E-state index contributed by atoms with van der Waals surface area (Å²) >= 11 is 0. The van der Waals surface area contributed by atoms with Gasteiger partial charge in [0.05, 0.1) is 0 Å². The van der Waals surface area contributed by atoms with E-state index >= 15 is 0 Å². The van der Waals surface area contributed by atoms with Gasteiger partial charge in [-0.25, -0.2) is 0 Å². The molecule has 0 bridgehead atoms. The predicted octanol–water partition coefficient (Wildman–Crippen LogP) is 1.32. The molecule has 6 nitrogen and oxygen atoms in total. The number of nitrogens with zero attached hydrogens (tertiary/aromatic N) is 5. The highest BCUT2D eigenvalue weighted by Crippen LogP contribution is 2.17. The SMILES string of the molecule is c1ccc(-n2cnnc2-c2nnco2)cc1. The van der Waals surface area contributed by atoms with Crippen LogP contribution in [0.1, 0.15) is 0 Å². The lowest BCUT2D eigenvalue weighted by atomic mass is 10.3. The Morgan fingerprint density at radius 1 is 1.00 bits per heavy atom. The van der Waals surface area contributed by atoms with Gasteiger partial charge >= 0.3 is 0 Å². The van der Waals surface area contributed by atoms with Crippen LogP contribution < -0.4 is 0 Å². The van der Waals surface area contributed by atoms with E-state index in [1.54, 1.807) is 10.9 Å². The molecule has 0 N–H and O–H groups in total. The Hall–Kier alpha value is -2.50. The quantitative estimate of drug-likeness (QED) is 0.642. The number of benzene rings is 1. The molecule has 0 saturated heterocycles. The second-order valence-electron chi connectivity index (χ2n) is 3.10. The molecule has 0 saturated carbocycles. The Kier molecular flexibility index (Phi) is 1.96. The van der Waals surface area contributed by atoms with Crippen LogP contribution in [0.5, 0.6) is 0 Å². The molecule has 0 unspecified atom stereocenters. The molecule has 0 fully saturated rings. The molecular weight excluding hydrogens is 206 g/mol. The van der Waals surface area contributed by atoms with E-state index in [-0.39, 0.29) is 0 Å². The topological polar surface area (TPSA) is 69.6 Å². The molecule has 16 heavy (non-hydrogen) atoms. The number of hydrogen-bond acceptors (Lipinski definition) is 5. The van der Waals surface area contributed by atoms with Crippen LogP contribution in [0.4, 0.5) is 0 Å². The maximum Gasteiger partial charge on any atom is 0.286 e. The van der Waals surface area contributed by atoms with Crippen molar-refractivity contribution in [3.05, 3.63) is 43.1 Å². The van der Waals surface area contributed by atoms with Crippen molar-refractivity contribution in [1.29, 1.82) is 0 Å². The zero-order valence-electron chi connectivity index (χ0n) is 8.19. The van der Waals surface area contributed by atoms with E-state index in [1.807, 2.05) is 30.3 Å². The zero-order chi connectivity index (χ0) is 10.8. The molecule has 0 aliphatic heterocycles. The standard InChI is InChI=1S/C10H7N5O/c1-2-4-8(5-3-1)15-6-11-13-9(15)10-14-12-7-16-10/h1-7H. The van der Waals surface area contributed by atoms with Crippen molar-refractivity contribution in [3.8, 4) is 17.4 Å². The van der Waals surface area contributed by atoms with Crippen LogP contribution in [0.3, 0.4) is 0 Å². The lowest BCUT2D eigenvalue weighted by Crippen LogP contribution is -1.95. The van der Waals surface area contributed by atoms with Gasteiger partial charge in [0.15, 0.2) is 0 Å². The summed E-state index contributed by atoms with van der Waals surface area (Å²) in [6, 6.07) is 9.71. The van der Waals surface area contributed by atoms with Crippen molar-refractivity contribution in [3.63, 3.8) is 0 Å². The molecule has 0 atom stereocenters. The summed E-state index contributed by atoms with van der Waals surface area (Å²) in [6.45, 7) is 0. The number of hydrogen-bond donors (Lipinski definition) is 0. The van der Waals surface area contributed by atoms with Crippen molar-refractivity contribution >= 4 is 0 Å². The Morgan fingerprint density at radius 2 is 1.88 bits per heavy atom. The van der Waals surface area contributed by atoms with E-state index in [4.69, 9.17) is 4.42 Å². The van der Waals surface area contributed by atoms with Crippen LogP contribution in [-0.2, 0) is 0 Å². The first-order valence-corrected chi connectivity index (χ1v) is 4.67. The minimum Gasteiger partial charge on any atom is -0.421 e. The first-order valence-electron chi connectivity index (χ1n) is 4.67. The molecule has 2 aromatic heterocycles. The Labute approximate surface area is 90.6 Å². The van der Waals surface area contributed by atoms with E-state index in [2.05, 4.69) is 20.4 Å². The van der Waals surface area contributed by atoms with Gasteiger partial charge in [-0.3, -0.25) is 4.57 Å². The molecule has 6 heteroatoms. The second kappa shape index (κ2) is 3.58. The van der Waals surface area contributed by atoms with Gasteiger partial charge in [-0.1, -0.05) is 18.2 Å². The van der Waals surface area contributed by atoms with Gasteiger partial charge in [0.1, 0.15) is 6.33 Å². The maximum atomic E-state index is 5.09. The third-order valence-electron chi connectivity index (χ3n) is 2.13. The normalized spacial score (nSPS) is 10.5. The molecular formula is C10H7N5O. The fraction of sp³-hybridized carbons (Fsp3) is 0. The maximum absolute atomic E-state index is 5.09. The van der Waals surface area contributed by atoms with Crippen LogP contribution in [0, 0.1) is 0 Å². The lowest BCUT2D eigenvalue weighted by Gasteiger charge is -2.02. The van der Waals surface area contributed by atoms with Crippen LogP contribution in [0.2, 0.25) is 0 Å². The van der Waals surface area contributed by atoms with Crippen molar-refractivity contribution in [1.82, 2.24) is 25.0 Å². The largest absolute Gasteiger partial charge is 0.421 e. The summed E-state index contributed by atoms with van der Waals surface area (Å²) in [6.07, 6.45) is 2.87. The fourth-order valence-corrected chi connectivity index (χ4v) is 1.43. The first kappa shape index (κ1) is 8.78. The third kappa shape index (κ3) is 1.36. The summed E-state index contributed by atoms with van der Waals surface area (Å²) in [5.74, 6) is 0.880. The van der Waals surface area contributed by atoms with Crippen molar-refractivity contribution in [2.75, 3.05) is 0 Å². The molecule has 3 aromatic rings. The fourth-order valence-electron chi connectivity index (χ4n) is 1.43.